The van der Waals surface area contributed by atoms with Crippen LogP contribution >= 0.6 is 0 Å². The smallest absolute Gasteiger partial charge is 0.243 e. The number of nitrogens with zero attached hydrogens (tertiary/aromatic N) is 1. The lowest BCUT2D eigenvalue weighted by Gasteiger charge is -2.09. The lowest BCUT2D eigenvalue weighted by atomic mass is 10.2. The van der Waals surface area contributed by atoms with E-state index in [1.165, 1.54) is 12.3 Å². The van der Waals surface area contributed by atoms with Crippen molar-refractivity contribution in [3.63, 3.8) is 0 Å². The summed E-state index contributed by atoms with van der Waals surface area (Å²) in [5.41, 5.74) is 5.05. The molecule has 0 saturated heterocycles. The summed E-state index contributed by atoms with van der Waals surface area (Å²) in [5, 5.41) is 3.51. The molecular formula is C11H11F2N3O3S. The van der Waals surface area contributed by atoms with Gasteiger partial charge in [0.1, 0.15) is 17.0 Å². The number of hydrogen-bond acceptors (Lipinski definition) is 5. The molecule has 0 aliphatic heterocycles. The summed E-state index contributed by atoms with van der Waals surface area (Å²) >= 11 is 0. The maximum Gasteiger partial charge on any atom is 0.243 e. The van der Waals surface area contributed by atoms with Crippen LogP contribution in [-0.4, -0.2) is 13.6 Å². The molecule has 1 aromatic heterocycles. The SMILES string of the molecule is NCc1c(F)ccc(S(=O)(=O)NCc2ccon2)c1F. The highest BCUT2D eigenvalue weighted by Crippen LogP contribution is 2.20. The third-order valence-corrected chi connectivity index (χ3v) is 4.00. The predicted octanol–water partition coefficient (Wildman–Crippen LogP) is 0.890. The zero-order chi connectivity index (χ0) is 14.8. The molecule has 3 N–H and O–H groups in total. The fourth-order valence-electron chi connectivity index (χ4n) is 1.55. The van der Waals surface area contributed by atoms with E-state index in [9.17, 15) is 17.2 Å². The Kier molecular flexibility index (Phi) is 4.12. The molecule has 0 bridgehead atoms. The Morgan fingerprint density at radius 2 is 2.05 bits per heavy atom. The molecule has 0 aliphatic carbocycles. The number of nitrogens with two attached hydrogens (primary N) is 1. The first-order valence-corrected chi connectivity index (χ1v) is 7.00. The predicted molar refractivity (Wildman–Crippen MR) is 64.8 cm³/mol. The van der Waals surface area contributed by atoms with Crippen LogP contribution in [-0.2, 0) is 23.1 Å². The van der Waals surface area contributed by atoms with Crippen LogP contribution in [0.2, 0.25) is 0 Å². The van der Waals surface area contributed by atoms with E-state index in [-0.39, 0.29) is 6.54 Å². The zero-order valence-corrected chi connectivity index (χ0v) is 11.0. The summed E-state index contributed by atoms with van der Waals surface area (Å²) in [6.07, 6.45) is 1.27. The Morgan fingerprint density at radius 1 is 1.30 bits per heavy atom. The van der Waals surface area contributed by atoms with Crippen LogP contribution in [0, 0.1) is 11.6 Å². The Hall–Kier alpha value is -1.84. The molecule has 0 saturated carbocycles. The molecule has 6 nitrogen and oxygen atoms in total. The van der Waals surface area contributed by atoms with Gasteiger partial charge in [-0.15, -0.1) is 0 Å². The topological polar surface area (TPSA) is 98.2 Å². The second kappa shape index (κ2) is 5.65. The van der Waals surface area contributed by atoms with E-state index in [4.69, 9.17) is 5.73 Å². The summed E-state index contributed by atoms with van der Waals surface area (Å²) in [4.78, 5) is -0.664. The summed E-state index contributed by atoms with van der Waals surface area (Å²) in [6.45, 7) is -0.613. The summed E-state index contributed by atoms with van der Waals surface area (Å²) in [5.74, 6) is -2.08. The summed E-state index contributed by atoms with van der Waals surface area (Å²) in [6, 6.07) is 3.15. The van der Waals surface area contributed by atoms with Gasteiger partial charge in [-0.05, 0) is 12.1 Å². The van der Waals surface area contributed by atoms with E-state index in [0.717, 1.165) is 12.1 Å². The highest BCUT2D eigenvalue weighted by atomic mass is 32.2. The maximum atomic E-state index is 13.9. The van der Waals surface area contributed by atoms with Crippen LogP contribution in [0.5, 0.6) is 0 Å². The number of aromatic nitrogens is 1. The van der Waals surface area contributed by atoms with Gasteiger partial charge in [-0.3, -0.25) is 0 Å². The van der Waals surface area contributed by atoms with Crippen molar-refractivity contribution in [3.05, 3.63) is 47.4 Å². The average Bonchev–Trinajstić information content (AvgIpc) is 2.90. The first kappa shape index (κ1) is 14.6. The van der Waals surface area contributed by atoms with E-state index in [1.807, 2.05) is 0 Å². The van der Waals surface area contributed by atoms with Crippen LogP contribution in [0.3, 0.4) is 0 Å². The van der Waals surface area contributed by atoms with E-state index in [0.29, 0.717) is 5.69 Å². The Morgan fingerprint density at radius 3 is 2.65 bits per heavy atom. The molecule has 2 aromatic rings. The quantitative estimate of drug-likeness (QED) is 0.854. The largest absolute Gasteiger partial charge is 0.364 e. The van der Waals surface area contributed by atoms with Gasteiger partial charge in [-0.25, -0.2) is 21.9 Å². The molecule has 2 rings (SSSR count). The number of benzene rings is 1. The van der Waals surface area contributed by atoms with E-state index < -0.39 is 38.7 Å². The van der Waals surface area contributed by atoms with Crippen LogP contribution in [0.1, 0.15) is 11.3 Å². The van der Waals surface area contributed by atoms with Gasteiger partial charge in [0.05, 0.1) is 12.2 Å². The van der Waals surface area contributed by atoms with E-state index >= 15 is 0 Å². The Balaban J connectivity index is 2.30. The Bertz CT molecular complexity index is 702. The van der Waals surface area contributed by atoms with Crippen LogP contribution in [0.15, 0.2) is 33.9 Å². The molecule has 0 unspecified atom stereocenters. The van der Waals surface area contributed by atoms with Crippen molar-refractivity contribution < 1.29 is 21.7 Å². The van der Waals surface area contributed by atoms with Crippen LogP contribution in [0.25, 0.3) is 0 Å². The van der Waals surface area contributed by atoms with Gasteiger partial charge < -0.3 is 10.3 Å². The van der Waals surface area contributed by atoms with Crippen LogP contribution in [0.4, 0.5) is 8.78 Å². The minimum absolute atomic E-state index is 0.173. The van der Waals surface area contributed by atoms with Gasteiger partial charge in [0.25, 0.3) is 0 Å². The van der Waals surface area contributed by atoms with Crippen molar-refractivity contribution in [2.24, 2.45) is 5.73 Å². The van der Waals surface area contributed by atoms with Gasteiger partial charge in [0, 0.05) is 18.2 Å². The fraction of sp³-hybridized carbons (Fsp3) is 0.182. The van der Waals surface area contributed by atoms with Gasteiger partial charge >= 0.3 is 0 Å². The number of halogens is 2. The van der Waals surface area contributed by atoms with E-state index in [1.54, 1.807) is 0 Å². The lowest BCUT2D eigenvalue weighted by molar-refractivity contribution is 0.411. The minimum Gasteiger partial charge on any atom is -0.364 e. The molecule has 9 heteroatoms. The molecule has 0 aliphatic rings. The first-order chi connectivity index (χ1) is 9.45. The normalized spacial score (nSPS) is 11.8. The number of nitrogens with one attached hydrogen (secondary N) is 1. The van der Waals surface area contributed by atoms with Gasteiger partial charge in [-0.2, -0.15) is 0 Å². The lowest BCUT2D eigenvalue weighted by Crippen LogP contribution is -2.25. The molecule has 0 spiro atoms. The molecule has 1 aromatic carbocycles. The average molecular weight is 303 g/mol. The standard InChI is InChI=1S/C11H11F2N3O3S/c12-9-1-2-10(11(13)8(9)5-14)20(17,18)15-6-7-3-4-19-16-7/h1-4,15H,5-6,14H2. The molecular weight excluding hydrogens is 292 g/mol. The van der Waals surface area contributed by atoms with Gasteiger partial charge in [-0.1, -0.05) is 5.16 Å². The third-order valence-electron chi connectivity index (χ3n) is 2.58. The van der Waals surface area contributed by atoms with Gasteiger partial charge in [0.15, 0.2) is 5.82 Å². The number of rotatable bonds is 5. The van der Waals surface area contributed by atoms with Gasteiger partial charge in [0.2, 0.25) is 10.0 Å². The molecule has 108 valence electrons. The number of sulfonamides is 1. The van der Waals surface area contributed by atoms with Crippen molar-refractivity contribution in [2.45, 2.75) is 18.0 Å². The fourth-order valence-corrected chi connectivity index (χ4v) is 2.65. The van der Waals surface area contributed by atoms with Crippen molar-refractivity contribution in [3.8, 4) is 0 Å². The highest BCUT2D eigenvalue weighted by Gasteiger charge is 2.23. The number of hydrogen-bond donors (Lipinski definition) is 2. The Labute approximate surface area is 113 Å². The van der Waals surface area contributed by atoms with Crippen LogP contribution < -0.4 is 10.5 Å². The molecule has 0 amide bonds. The van der Waals surface area contributed by atoms with Crippen molar-refractivity contribution in [1.82, 2.24) is 9.88 Å². The van der Waals surface area contributed by atoms with E-state index in [2.05, 4.69) is 14.4 Å². The van der Waals surface area contributed by atoms with Crippen molar-refractivity contribution >= 4 is 10.0 Å². The molecule has 0 atom stereocenters. The summed E-state index contributed by atoms with van der Waals surface area (Å²) in [7, 11) is -4.15. The maximum absolute atomic E-state index is 13.9. The van der Waals surface area contributed by atoms with Crippen molar-refractivity contribution in [2.75, 3.05) is 0 Å². The summed E-state index contributed by atoms with van der Waals surface area (Å²) < 4.78 is 57.8. The zero-order valence-electron chi connectivity index (χ0n) is 10.1. The second-order valence-electron chi connectivity index (χ2n) is 3.86. The van der Waals surface area contributed by atoms with Crippen molar-refractivity contribution in [1.29, 1.82) is 0 Å². The molecule has 1 heterocycles. The molecule has 0 fully saturated rings. The molecule has 20 heavy (non-hydrogen) atoms. The first-order valence-electron chi connectivity index (χ1n) is 5.51. The third kappa shape index (κ3) is 2.84. The second-order valence-corrected chi connectivity index (χ2v) is 5.59. The minimum atomic E-state index is -4.15. The monoisotopic (exact) mass is 303 g/mol. The highest BCUT2D eigenvalue weighted by molar-refractivity contribution is 7.89. The molecule has 0 radical (unpaired) electrons.